The molecule has 1 aromatic carbocycles. The van der Waals surface area contributed by atoms with Crippen LogP contribution in [-0.2, 0) is 0 Å². The number of hydrogen-bond donors (Lipinski definition) is 0. The monoisotopic (exact) mass is 296 g/mol. The molecule has 0 atom stereocenters. The molecular formula is C17H25ClO2. The maximum atomic E-state index is 6.31. The van der Waals surface area contributed by atoms with E-state index in [1.807, 2.05) is 24.3 Å². The zero-order valence-electron chi connectivity index (χ0n) is 12.7. The van der Waals surface area contributed by atoms with E-state index in [0.29, 0.717) is 0 Å². The standard InChI is InChI=1S/C17H25ClO2/c1-4-5-6-7-8-9-15(18)12-14-10-11-16(19-2)13-17(14)20-3/h10-13H,4-9H2,1-3H3/b15-12-. The highest BCUT2D eigenvalue weighted by atomic mass is 35.5. The average molecular weight is 297 g/mol. The molecule has 0 radical (unpaired) electrons. The van der Waals surface area contributed by atoms with Gasteiger partial charge in [0.25, 0.3) is 0 Å². The minimum Gasteiger partial charge on any atom is -0.497 e. The van der Waals surface area contributed by atoms with Crippen LogP contribution in [0.4, 0.5) is 0 Å². The van der Waals surface area contributed by atoms with Crippen LogP contribution in [0.1, 0.15) is 51.0 Å². The molecule has 0 unspecified atom stereocenters. The van der Waals surface area contributed by atoms with Crippen molar-refractivity contribution in [2.45, 2.75) is 45.4 Å². The highest BCUT2D eigenvalue weighted by molar-refractivity contribution is 6.31. The van der Waals surface area contributed by atoms with Crippen LogP contribution in [0.5, 0.6) is 11.5 Å². The van der Waals surface area contributed by atoms with Gasteiger partial charge in [0.2, 0.25) is 0 Å². The van der Waals surface area contributed by atoms with Crippen LogP contribution >= 0.6 is 11.6 Å². The van der Waals surface area contributed by atoms with Gasteiger partial charge in [-0.3, -0.25) is 0 Å². The van der Waals surface area contributed by atoms with E-state index < -0.39 is 0 Å². The molecule has 20 heavy (non-hydrogen) atoms. The Morgan fingerprint density at radius 1 is 1.10 bits per heavy atom. The fourth-order valence-corrected chi connectivity index (χ4v) is 2.33. The third kappa shape index (κ3) is 5.87. The van der Waals surface area contributed by atoms with Crippen LogP contribution in [-0.4, -0.2) is 14.2 Å². The first-order chi connectivity index (χ1) is 9.71. The van der Waals surface area contributed by atoms with Crippen molar-refractivity contribution >= 4 is 17.7 Å². The van der Waals surface area contributed by atoms with E-state index in [1.165, 1.54) is 25.7 Å². The third-order valence-electron chi connectivity index (χ3n) is 3.27. The molecule has 0 fully saturated rings. The number of ether oxygens (including phenoxy) is 2. The zero-order chi connectivity index (χ0) is 14.8. The van der Waals surface area contributed by atoms with Gasteiger partial charge in [0.05, 0.1) is 14.2 Å². The fourth-order valence-electron chi connectivity index (χ4n) is 2.08. The maximum Gasteiger partial charge on any atom is 0.129 e. The first-order valence-corrected chi connectivity index (χ1v) is 7.67. The second kappa shape index (κ2) is 9.71. The summed E-state index contributed by atoms with van der Waals surface area (Å²) in [6.07, 6.45) is 9.19. The number of benzene rings is 1. The Hall–Kier alpha value is -1.15. The summed E-state index contributed by atoms with van der Waals surface area (Å²) in [5.74, 6) is 1.57. The molecule has 0 N–H and O–H groups in total. The van der Waals surface area contributed by atoms with E-state index in [9.17, 15) is 0 Å². The van der Waals surface area contributed by atoms with Crippen LogP contribution < -0.4 is 9.47 Å². The second-order valence-electron chi connectivity index (χ2n) is 4.86. The number of halogens is 1. The molecule has 0 saturated carbocycles. The van der Waals surface area contributed by atoms with Crippen LogP contribution in [0.15, 0.2) is 23.2 Å². The molecule has 0 aliphatic heterocycles. The van der Waals surface area contributed by atoms with Crippen molar-refractivity contribution < 1.29 is 9.47 Å². The topological polar surface area (TPSA) is 18.5 Å². The van der Waals surface area contributed by atoms with Crippen LogP contribution in [0.25, 0.3) is 6.08 Å². The van der Waals surface area contributed by atoms with E-state index in [2.05, 4.69) is 6.92 Å². The quantitative estimate of drug-likeness (QED) is 0.549. The van der Waals surface area contributed by atoms with E-state index in [-0.39, 0.29) is 0 Å². The lowest BCUT2D eigenvalue weighted by molar-refractivity contribution is 0.393. The summed E-state index contributed by atoms with van der Waals surface area (Å²) in [5, 5.41) is 0.880. The highest BCUT2D eigenvalue weighted by Gasteiger charge is 2.04. The lowest BCUT2D eigenvalue weighted by Gasteiger charge is -2.08. The summed E-state index contributed by atoms with van der Waals surface area (Å²) in [6.45, 7) is 2.23. The number of rotatable bonds is 9. The zero-order valence-corrected chi connectivity index (χ0v) is 13.5. The largest absolute Gasteiger partial charge is 0.497 e. The van der Waals surface area contributed by atoms with Gasteiger partial charge < -0.3 is 9.47 Å². The van der Waals surface area contributed by atoms with Crippen molar-refractivity contribution in [1.29, 1.82) is 0 Å². The molecule has 2 nitrogen and oxygen atoms in total. The van der Waals surface area contributed by atoms with E-state index >= 15 is 0 Å². The molecule has 0 amide bonds. The fraction of sp³-hybridized carbons (Fsp3) is 0.529. The van der Waals surface area contributed by atoms with E-state index in [0.717, 1.165) is 34.9 Å². The van der Waals surface area contributed by atoms with Crippen LogP contribution in [0.2, 0.25) is 0 Å². The molecule has 0 aliphatic rings. The smallest absolute Gasteiger partial charge is 0.129 e. The first-order valence-electron chi connectivity index (χ1n) is 7.29. The molecule has 1 aromatic rings. The van der Waals surface area contributed by atoms with Gasteiger partial charge in [-0.1, -0.05) is 44.2 Å². The van der Waals surface area contributed by atoms with Crippen molar-refractivity contribution in [2.75, 3.05) is 14.2 Å². The summed E-state index contributed by atoms with van der Waals surface area (Å²) in [7, 11) is 3.30. The Balaban J connectivity index is 2.58. The first kappa shape index (κ1) is 16.9. The molecule has 0 spiro atoms. The number of unbranched alkanes of at least 4 members (excludes halogenated alkanes) is 4. The van der Waals surface area contributed by atoms with Gasteiger partial charge in [0.15, 0.2) is 0 Å². The van der Waals surface area contributed by atoms with E-state index in [1.54, 1.807) is 14.2 Å². The molecular weight excluding hydrogens is 272 g/mol. The lowest BCUT2D eigenvalue weighted by Crippen LogP contribution is -1.90. The Bertz CT molecular complexity index is 427. The van der Waals surface area contributed by atoms with Gasteiger partial charge in [-0.15, -0.1) is 0 Å². The van der Waals surface area contributed by atoms with Gasteiger partial charge in [-0.05, 0) is 31.1 Å². The summed E-state index contributed by atoms with van der Waals surface area (Å²) < 4.78 is 10.5. The number of hydrogen-bond acceptors (Lipinski definition) is 2. The summed E-state index contributed by atoms with van der Waals surface area (Å²) in [4.78, 5) is 0. The van der Waals surface area contributed by atoms with Gasteiger partial charge in [0, 0.05) is 16.7 Å². The van der Waals surface area contributed by atoms with Crippen molar-refractivity contribution in [3.63, 3.8) is 0 Å². The van der Waals surface area contributed by atoms with Crippen molar-refractivity contribution in [3.05, 3.63) is 28.8 Å². The molecule has 0 aliphatic carbocycles. The highest BCUT2D eigenvalue weighted by Crippen LogP contribution is 2.28. The summed E-state index contributed by atoms with van der Waals surface area (Å²) in [6, 6.07) is 5.76. The normalized spacial score (nSPS) is 11.5. The Labute approximate surface area is 127 Å². The summed E-state index contributed by atoms with van der Waals surface area (Å²) in [5.41, 5.74) is 0.992. The molecule has 0 aromatic heterocycles. The Morgan fingerprint density at radius 3 is 2.50 bits per heavy atom. The molecule has 0 heterocycles. The Morgan fingerprint density at radius 2 is 1.85 bits per heavy atom. The van der Waals surface area contributed by atoms with Gasteiger partial charge >= 0.3 is 0 Å². The van der Waals surface area contributed by atoms with Crippen molar-refractivity contribution in [2.24, 2.45) is 0 Å². The predicted molar refractivity (Wildman–Crippen MR) is 86.8 cm³/mol. The SMILES string of the molecule is CCCCCCC/C(Cl)=C/c1ccc(OC)cc1OC. The predicted octanol–water partition coefficient (Wildman–Crippen LogP) is 5.64. The molecule has 0 bridgehead atoms. The minimum atomic E-state index is 0.786. The van der Waals surface area contributed by atoms with Crippen molar-refractivity contribution in [3.8, 4) is 11.5 Å². The molecule has 0 saturated heterocycles. The van der Waals surface area contributed by atoms with Gasteiger partial charge in [0.1, 0.15) is 11.5 Å². The van der Waals surface area contributed by atoms with Crippen LogP contribution in [0.3, 0.4) is 0 Å². The molecule has 1 rings (SSSR count). The minimum absolute atomic E-state index is 0.786. The number of allylic oxidation sites excluding steroid dienone is 1. The maximum absolute atomic E-state index is 6.31. The average Bonchev–Trinajstić information content (AvgIpc) is 2.47. The van der Waals surface area contributed by atoms with E-state index in [4.69, 9.17) is 21.1 Å². The lowest BCUT2D eigenvalue weighted by atomic mass is 10.1. The van der Waals surface area contributed by atoms with Gasteiger partial charge in [-0.25, -0.2) is 0 Å². The second-order valence-corrected chi connectivity index (χ2v) is 5.35. The van der Waals surface area contributed by atoms with Crippen molar-refractivity contribution in [1.82, 2.24) is 0 Å². The Kier molecular flexibility index (Phi) is 8.20. The number of methoxy groups -OCH3 is 2. The molecule has 3 heteroatoms. The molecule has 112 valence electrons. The van der Waals surface area contributed by atoms with Crippen LogP contribution in [0, 0.1) is 0 Å². The summed E-state index contributed by atoms with van der Waals surface area (Å²) >= 11 is 6.31. The van der Waals surface area contributed by atoms with Gasteiger partial charge in [-0.2, -0.15) is 0 Å². The third-order valence-corrected chi connectivity index (χ3v) is 3.57.